The lowest BCUT2D eigenvalue weighted by atomic mass is 9.95. The summed E-state index contributed by atoms with van der Waals surface area (Å²) in [5.41, 5.74) is 3.21. The molecule has 30 heavy (non-hydrogen) atoms. The number of aromatic nitrogens is 1. The van der Waals surface area contributed by atoms with Gasteiger partial charge in [0.1, 0.15) is 11.5 Å². The van der Waals surface area contributed by atoms with Crippen molar-refractivity contribution in [1.29, 1.82) is 0 Å². The Morgan fingerprint density at radius 3 is 2.67 bits per heavy atom. The fraction of sp³-hybridized carbons (Fsp3) is 0.250. The average molecular weight is 420 g/mol. The second-order valence-corrected chi connectivity index (χ2v) is 8.68. The summed E-state index contributed by atoms with van der Waals surface area (Å²) in [6.45, 7) is 0. The van der Waals surface area contributed by atoms with Crippen molar-refractivity contribution in [3.05, 3.63) is 69.6 Å². The van der Waals surface area contributed by atoms with Crippen molar-refractivity contribution in [1.82, 2.24) is 4.57 Å². The zero-order valence-electron chi connectivity index (χ0n) is 16.5. The maximum atomic E-state index is 14.3. The number of aromatic hydroxyl groups is 1. The molecule has 0 unspecified atom stereocenters. The molecule has 1 aliphatic heterocycles. The zero-order chi connectivity index (χ0) is 20.5. The number of rotatable bonds is 3. The Balaban J connectivity index is 1.65. The van der Waals surface area contributed by atoms with Crippen molar-refractivity contribution in [3.8, 4) is 5.88 Å². The van der Waals surface area contributed by atoms with E-state index in [1.54, 1.807) is 18.2 Å². The SMILES string of the molecule is Oc1c(/C=C2\C=Nc3ccccc32)sc(=Nc2ccccc2F)n1C1CCCCC1. The monoisotopic (exact) mass is 419 g/mol. The fourth-order valence-corrected chi connectivity index (χ4v) is 5.23. The van der Waals surface area contributed by atoms with E-state index in [2.05, 4.69) is 9.98 Å². The normalized spacial score (nSPS) is 18.3. The molecule has 1 fully saturated rings. The van der Waals surface area contributed by atoms with Crippen molar-refractivity contribution in [2.45, 2.75) is 38.1 Å². The number of aliphatic imine (C=N–C) groups is 1. The van der Waals surface area contributed by atoms with Crippen LogP contribution in [-0.2, 0) is 0 Å². The Morgan fingerprint density at radius 2 is 1.83 bits per heavy atom. The first-order chi connectivity index (χ1) is 14.7. The molecule has 0 atom stereocenters. The number of benzene rings is 2. The van der Waals surface area contributed by atoms with Gasteiger partial charge >= 0.3 is 0 Å². The van der Waals surface area contributed by atoms with E-state index in [-0.39, 0.29) is 23.4 Å². The molecule has 2 aliphatic rings. The third-order valence-electron chi connectivity index (χ3n) is 5.71. The quantitative estimate of drug-likeness (QED) is 0.525. The lowest BCUT2D eigenvalue weighted by molar-refractivity contribution is 0.307. The highest BCUT2D eigenvalue weighted by Gasteiger charge is 2.23. The maximum Gasteiger partial charge on any atom is 0.211 e. The first-order valence-electron chi connectivity index (χ1n) is 10.3. The molecule has 5 rings (SSSR count). The molecule has 0 bridgehead atoms. The number of hydrogen-bond donors (Lipinski definition) is 1. The van der Waals surface area contributed by atoms with Gasteiger partial charge in [0.2, 0.25) is 5.88 Å². The molecule has 1 aliphatic carbocycles. The minimum atomic E-state index is -0.364. The van der Waals surface area contributed by atoms with E-state index in [4.69, 9.17) is 0 Å². The molecule has 1 saturated carbocycles. The van der Waals surface area contributed by atoms with Gasteiger partial charge in [0.15, 0.2) is 4.80 Å². The van der Waals surface area contributed by atoms with Crippen LogP contribution in [0.5, 0.6) is 5.88 Å². The Bertz CT molecular complexity index is 1220. The Morgan fingerprint density at radius 1 is 1.07 bits per heavy atom. The van der Waals surface area contributed by atoms with Crippen molar-refractivity contribution in [2.24, 2.45) is 9.98 Å². The molecule has 4 nitrogen and oxygen atoms in total. The van der Waals surface area contributed by atoms with Gasteiger partial charge < -0.3 is 5.11 Å². The Labute approximate surface area is 178 Å². The lowest BCUT2D eigenvalue weighted by Crippen LogP contribution is -2.22. The summed E-state index contributed by atoms with van der Waals surface area (Å²) in [7, 11) is 0. The maximum absolute atomic E-state index is 14.3. The topological polar surface area (TPSA) is 49.9 Å². The summed E-state index contributed by atoms with van der Waals surface area (Å²) in [5, 5.41) is 11.1. The van der Waals surface area contributed by atoms with E-state index in [0.717, 1.165) is 42.5 Å². The third kappa shape index (κ3) is 3.52. The molecule has 1 aromatic heterocycles. The molecule has 152 valence electrons. The molecule has 0 spiro atoms. The van der Waals surface area contributed by atoms with E-state index < -0.39 is 0 Å². The number of halogens is 1. The van der Waals surface area contributed by atoms with Crippen LogP contribution in [0.25, 0.3) is 11.6 Å². The van der Waals surface area contributed by atoms with Gasteiger partial charge in [-0.1, -0.05) is 60.9 Å². The van der Waals surface area contributed by atoms with Crippen LogP contribution < -0.4 is 4.80 Å². The molecule has 3 aromatic rings. The smallest absolute Gasteiger partial charge is 0.211 e. The molecule has 1 N–H and O–H groups in total. The Kier molecular flexibility index (Phi) is 5.09. The van der Waals surface area contributed by atoms with Gasteiger partial charge in [-0.25, -0.2) is 9.38 Å². The first-order valence-corrected chi connectivity index (χ1v) is 11.1. The van der Waals surface area contributed by atoms with Crippen molar-refractivity contribution < 1.29 is 9.50 Å². The highest BCUT2D eigenvalue weighted by Crippen LogP contribution is 2.37. The summed E-state index contributed by atoms with van der Waals surface area (Å²) in [5.74, 6) is -0.162. The molecule has 0 amide bonds. The minimum absolute atomic E-state index is 0.178. The van der Waals surface area contributed by atoms with Gasteiger partial charge in [-0.15, -0.1) is 0 Å². The molecule has 0 radical (unpaired) electrons. The zero-order valence-corrected chi connectivity index (χ0v) is 17.3. The lowest BCUT2D eigenvalue weighted by Gasteiger charge is -2.23. The van der Waals surface area contributed by atoms with Gasteiger partial charge in [0.25, 0.3) is 0 Å². The van der Waals surface area contributed by atoms with Crippen molar-refractivity contribution in [3.63, 3.8) is 0 Å². The van der Waals surface area contributed by atoms with Crippen LogP contribution in [0.4, 0.5) is 15.8 Å². The summed E-state index contributed by atoms with van der Waals surface area (Å²) < 4.78 is 16.2. The average Bonchev–Trinajstić information content (AvgIpc) is 3.32. The highest BCUT2D eigenvalue weighted by molar-refractivity contribution is 7.10. The first kappa shape index (κ1) is 19.0. The van der Waals surface area contributed by atoms with Gasteiger partial charge in [0.05, 0.1) is 10.6 Å². The molecular formula is C24H22FN3OS. The van der Waals surface area contributed by atoms with Crippen molar-refractivity contribution >= 4 is 40.6 Å². The number of fused-ring (bicyclic) bond motifs is 1. The molecule has 2 heterocycles. The standard InChI is InChI=1S/C24H22FN3OS/c25-19-11-5-7-13-21(19)27-24-28(17-8-2-1-3-9-17)23(29)22(30-24)14-16-15-26-20-12-6-4-10-18(16)20/h4-7,10-15,17,29H,1-3,8-9H2/b16-14+,27-24?. The fourth-order valence-electron chi connectivity index (χ4n) is 4.18. The van der Waals surface area contributed by atoms with Gasteiger partial charge in [-0.3, -0.25) is 9.56 Å². The third-order valence-corrected chi connectivity index (χ3v) is 6.70. The second kappa shape index (κ2) is 8.03. The molecule has 2 aromatic carbocycles. The Hall–Kier alpha value is -2.99. The predicted molar refractivity (Wildman–Crippen MR) is 120 cm³/mol. The summed E-state index contributed by atoms with van der Waals surface area (Å²) >= 11 is 1.39. The van der Waals surface area contributed by atoms with Crippen LogP contribution in [-0.4, -0.2) is 15.9 Å². The van der Waals surface area contributed by atoms with Crippen molar-refractivity contribution in [2.75, 3.05) is 0 Å². The minimum Gasteiger partial charge on any atom is -0.493 e. The van der Waals surface area contributed by atoms with Crippen LogP contribution >= 0.6 is 11.3 Å². The van der Waals surface area contributed by atoms with Gasteiger partial charge in [0, 0.05) is 23.4 Å². The summed E-state index contributed by atoms with van der Waals surface area (Å²) in [6.07, 6.45) is 9.23. The van der Waals surface area contributed by atoms with E-state index in [0.29, 0.717) is 9.68 Å². The number of thiazole rings is 1. The second-order valence-electron chi connectivity index (χ2n) is 7.67. The number of allylic oxidation sites excluding steroid dienone is 1. The largest absolute Gasteiger partial charge is 0.493 e. The summed E-state index contributed by atoms with van der Waals surface area (Å²) in [6, 6.07) is 14.6. The van der Waals surface area contributed by atoms with Gasteiger partial charge in [-0.2, -0.15) is 0 Å². The van der Waals surface area contributed by atoms with E-state index >= 15 is 0 Å². The van der Waals surface area contributed by atoms with Crippen LogP contribution in [0.2, 0.25) is 0 Å². The summed E-state index contributed by atoms with van der Waals surface area (Å²) in [4.78, 5) is 10.4. The molecule has 0 saturated heterocycles. The molecular weight excluding hydrogens is 397 g/mol. The van der Waals surface area contributed by atoms with Crippen LogP contribution in [0.15, 0.2) is 58.5 Å². The number of para-hydroxylation sites is 2. The van der Waals surface area contributed by atoms with Crippen LogP contribution in [0, 0.1) is 5.82 Å². The highest BCUT2D eigenvalue weighted by atomic mass is 32.1. The van der Waals surface area contributed by atoms with Gasteiger partial charge in [-0.05, 0) is 37.1 Å². The van der Waals surface area contributed by atoms with E-state index in [9.17, 15) is 9.50 Å². The predicted octanol–water partition coefficient (Wildman–Crippen LogP) is 6.39. The number of hydrogen-bond acceptors (Lipinski definition) is 4. The van der Waals surface area contributed by atoms with E-state index in [1.807, 2.05) is 41.1 Å². The molecule has 6 heteroatoms. The van der Waals surface area contributed by atoms with E-state index in [1.165, 1.54) is 23.8 Å². The van der Waals surface area contributed by atoms with Crippen LogP contribution in [0.1, 0.15) is 48.6 Å². The number of nitrogens with zero attached hydrogens (tertiary/aromatic N) is 3. The van der Waals surface area contributed by atoms with Crippen LogP contribution in [0.3, 0.4) is 0 Å².